The molecule has 0 fully saturated rings. The van der Waals surface area contributed by atoms with Crippen molar-refractivity contribution in [3.63, 3.8) is 0 Å². The Kier molecular flexibility index (Phi) is 3.72. The van der Waals surface area contributed by atoms with Crippen LogP contribution in [0.3, 0.4) is 0 Å². The summed E-state index contributed by atoms with van der Waals surface area (Å²) in [6.45, 7) is 0. The number of nitrogen functional groups attached to an aromatic ring is 1. The highest BCUT2D eigenvalue weighted by molar-refractivity contribution is 5.96. The predicted molar refractivity (Wildman–Crippen MR) is 118 cm³/mol. The molecule has 6 heterocycles. The number of rotatable bonds is 3. The number of imidazole rings is 1. The van der Waals surface area contributed by atoms with Gasteiger partial charge in [0.15, 0.2) is 17.1 Å². The van der Waals surface area contributed by atoms with Gasteiger partial charge in [-0.3, -0.25) is 15.1 Å². The van der Waals surface area contributed by atoms with Gasteiger partial charge in [0.05, 0.1) is 11.1 Å². The van der Waals surface area contributed by atoms with Crippen molar-refractivity contribution in [1.82, 2.24) is 40.1 Å². The number of fused-ring (bicyclic) bond motifs is 2. The van der Waals surface area contributed by atoms with Crippen LogP contribution in [0.5, 0.6) is 0 Å². The van der Waals surface area contributed by atoms with Crippen LogP contribution in [0.15, 0.2) is 67.5 Å². The van der Waals surface area contributed by atoms with Gasteiger partial charge in [-0.05, 0) is 35.9 Å². The number of aromatic nitrogens is 8. The van der Waals surface area contributed by atoms with Gasteiger partial charge in [0.1, 0.15) is 11.2 Å². The zero-order chi connectivity index (χ0) is 20.8. The minimum atomic E-state index is 0.594. The van der Waals surface area contributed by atoms with E-state index in [4.69, 9.17) is 10.7 Å². The first kappa shape index (κ1) is 17.2. The fraction of sp³-hybridized carbons (Fsp3) is 0. The zero-order valence-corrected chi connectivity index (χ0v) is 16.1. The molecule has 0 bridgehead atoms. The molecule has 9 nitrogen and oxygen atoms in total. The Balaban J connectivity index is 1.51. The predicted octanol–water partition coefficient (Wildman–Crippen LogP) is 3.60. The summed E-state index contributed by atoms with van der Waals surface area (Å²) in [5, 5.41) is 8.27. The molecule has 0 aliphatic heterocycles. The Bertz CT molecular complexity index is 1550. The summed E-state index contributed by atoms with van der Waals surface area (Å²) >= 11 is 0. The molecule has 6 aromatic heterocycles. The highest BCUT2D eigenvalue weighted by Crippen LogP contribution is 2.31. The topological polar surface area (TPSA) is 135 Å². The summed E-state index contributed by atoms with van der Waals surface area (Å²) in [5.41, 5.74) is 13.0. The Morgan fingerprint density at radius 2 is 1.65 bits per heavy atom. The normalized spacial score (nSPS) is 11.4. The van der Waals surface area contributed by atoms with Gasteiger partial charge in [0.2, 0.25) is 0 Å². The maximum absolute atomic E-state index is 5.89. The van der Waals surface area contributed by atoms with Crippen molar-refractivity contribution in [2.45, 2.75) is 0 Å². The number of aromatic amines is 2. The van der Waals surface area contributed by atoms with Crippen LogP contribution in [-0.4, -0.2) is 40.1 Å². The standard InChI is InChI=1S/C22H15N9/c23-15-7-13(9-25-11-15)14-8-17-19(30-31-20(17)27-10-14)22-28-18-16(3-6-26-21(18)29-22)12-1-4-24-5-2-12/h1-11H,23H2,(H,26,28,29)(H,27,30,31). The van der Waals surface area contributed by atoms with E-state index in [0.717, 1.165) is 33.2 Å². The van der Waals surface area contributed by atoms with Crippen molar-refractivity contribution < 1.29 is 0 Å². The number of H-pyrrole nitrogens is 2. The average Bonchev–Trinajstić information content (AvgIpc) is 3.43. The number of nitrogens with one attached hydrogen (secondary N) is 2. The van der Waals surface area contributed by atoms with E-state index < -0.39 is 0 Å². The van der Waals surface area contributed by atoms with E-state index in [-0.39, 0.29) is 0 Å². The van der Waals surface area contributed by atoms with Crippen molar-refractivity contribution in [1.29, 1.82) is 0 Å². The van der Waals surface area contributed by atoms with Crippen LogP contribution in [0.4, 0.5) is 5.69 Å². The molecule has 0 saturated carbocycles. The van der Waals surface area contributed by atoms with Gasteiger partial charge < -0.3 is 10.7 Å². The first-order valence-corrected chi connectivity index (χ1v) is 9.57. The Labute approximate surface area is 175 Å². The second-order valence-electron chi connectivity index (χ2n) is 7.08. The largest absolute Gasteiger partial charge is 0.397 e. The molecular formula is C22H15N9. The maximum Gasteiger partial charge on any atom is 0.161 e. The highest BCUT2D eigenvalue weighted by Gasteiger charge is 2.17. The lowest BCUT2D eigenvalue weighted by Gasteiger charge is -2.02. The van der Waals surface area contributed by atoms with E-state index in [1.54, 1.807) is 37.2 Å². The van der Waals surface area contributed by atoms with Gasteiger partial charge in [-0.2, -0.15) is 5.10 Å². The molecule has 0 spiro atoms. The van der Waals surface area contributed by atoms with Crippen LogP contribution in [0.1, 0.15) is 0 Å². The lowest BCUT2D eigenvalue weighted by Crippen LogP contribution is -1.89. The van der Waals surface area contributed by atoms with Crippen LogP contribution < -0.4 is 5.73 Å². The van der Waals surface area contributed by atoms with Crippen molar-refractivity contribution >= 4 is 27.9 Å². The quantitative estimate of drug-likeness (QED) is 0.409. The van der Waals surface area contributed by atoms with Crippen molar-refractivity contribution in [3.05, 3.63) is 67.5 Å². The third kappa shape index (κ3) is 2.87. The zero-order valence-electron chi connectivity index (χ0n) is 16.1. The fourth-order valence-electron chi connectivity index (χ4n) is 3.64. The number of nitrogens with zero attached hydrogens (tertiary/aromatic N) is 6. The summed E-state index contributed by atoms with van der Waals surface area (Å²) in [7, 11) is 0. The number of hydrogen-bond acceptors (Lipinski definition) is 7. The molecule has 4 N–H and O–H groups in total. The summed E-state index contributed by atoms with van der Waals surface area (Å²) in [4.78, 5) is 25.3. The van der Waals surface area contributed by atoms with Gasteiger partial charge in [0, 0.05) is 53.9 Å². The molecule has 0 aliphatic rings. The van der Waals surface area contributed by atoms with Gasteiger partial charge in [-0.15, -0.1) is 0 Å². The van der Waals surface area contributed by atoms with Crippen LogP contribution in [-0.2, 0) is 0 Å². The molecular weight excluding hydrogens is 390 g/mol. The molecule has 0 radical (unpaired) electrons. The van der Waals surface area contributed by atoms with E-state index in [2.05, 4.69) is 35.1 Å². The molecule has 0 unspecified atom stereocenters. The van der Waals surface area contributed by atoms with Gasteiger partial charge in [-0.25, -0.2) is 15.0 Å². The second-order valence-corrected chi connectivity index (χ2v) is 7.08. The molecule has 148 valence electrons. The van der Waals surface area contributed by atoms with Gasteiger partial charge >= 0.3 is 0 Å². The second kappa shape index (κ2) is 6.70. The number of nitrogens with two attached hydrogens (primary N) is 1. The third-order valence-electron chi connectivity index (χ3n) is 5.11. The summed E-state index contributed by atoms with van der Waals surface area (Å²) in [5.74, 6) is 0.611. The Morgan fingerprint density at radius 1 is 0.774 bits per heavy atom. The highest BCUT2D eigenvalue weighted by atomic mass is 15.2. The maximum atomic E-state index is 5.89. The van der Waals surface area contributed by atoms with E-state index in [1.807, 2.05) is 30.3 Å². The SMILES string of the molecule is Nc1cncc(-c2cnc3[nH]nc(-c4nc5c(-c6ccncc6)ccnc5[nH]4)c3c2)c1. The first-order valence-electron chi connectivity index (χ1n) is 9.57. The van der Waals surface area contributed by atoms with Crippen molar-refractivity contribution in [2.75, 3.05) is 5.73 Å². The van der Waals surface area contributed by atoms with Crippen LogP contribution in [0.2, 0.25) is 0 Å². The molecule has 0 aromatic carbocycles. The summed E-state index contributed by atoms with van der Waals surface area (Å²) in [6.07, 6.45) is 10.4. The van der Waals surface area contributed by atoms with Crippen LogP contribution >= 0.6 is 0 Å². The van der Waals surface area contributed by atoms with Crippen molar-refractivity contribution in [3.8, 4) is 33.8 Å². The average molecular weight is 405 g/mol. The molecule has 0 saturated heterocycles. The van der Waals surface area contributed by atoms with E-state index in [9.17, 15) is 0 Å². The molecule has 0 atom stereocenters. The lowest BCUT2D eigenvalue weighted by molar-refractivity contribution is 1.09. The third-order valence-corrected chi connectivity index (χ3v) is 5.11. The van der Waals surface area contributed by atoms with Crippen LogP contribution in [0, 0.1) is 0 Å². The number of anilines is 1. The minimum absolute atomic E-state index is 0.594. The molecule has 6 rings (SSSR count). The van der Waals surface area contributed by atoms with Crippen LogP contribution in [0.25, 0.3) is 56.0 Å². The van der Waals surface area contributed by atoms with E-state index in [0.29, 0.717) is 28.5 Å². The molecule has 0 amide bonds. The summed E-state index contributed by atoms with van der Waals surface area (Å²) in [6, 6.07) is 9.70. The number of pyridine rings is 4. The molecule has 31 heavy (non-hydrogen) atoms. The van der Waals surface area contributed by atoms with Gasteiger partial charge in [0.25, 0.3) is 0 Å². The summed E-state index contributed by atoms with van der Waals surface area (Å²) < 4.78 is 0. The van der Waals surface area contributed by atoms with E-state index in [1.165, 1.54) is 0 Å². The molecule has 0 aliphatic carbocycles. The smallest absolute Gasteiger partial charge is 0.161 e. The van der Waals surface area contributed by atoms with Crippen molar-refractivity contribution in [2.24, 2.45) is 0 Å². The molecule has 6 aromatic rings. The Hall–Kier alpha value is -4.66. The number of hydrogen-bond donors (Lipinski definition) is 3. The Morgan fingerprint density at radius 3 is 2.52 bits per heavy atom. The minimum Gasteiger partial charge on any atom is -0.397 e. The molecule has 9 heteroatoms. The van der Waals surface area contributed by atoms with E-state index >= 15 is 0 Å². The fourth-order valence-corrected chi connectivity index (χ4v) is 3.64. The lowest BCUT2D eigenvalue weighted by atomic mass is 10.1. The first-order chi connectivity index (χ1) is 15.3. The van der Waals surface area contributed by atoms with Gasteiger partial charge in [-0.1, -0.05) is 0 Å². The monoisotopic (exact) mass is 405 g/mol.